The largest absolute Gasteiger partial charge is 0.335 e. The molecule has 0 N–H and O–H groups in total. The lowest BCUT2D eigenvalue weighted by Crippen LogP contribution is -2.45. The Morgan fingerprint density at radius 3 is 2.67 bits per heavy atom. The monoisotopic (exact) mass is 247 g/mol. The lowest BCUT2D eigenvalue weighted by atomic mass is 10.2. The van der Waals surface area contributed by atoms with E-state index in [2.05, 4.69) is 4.90 Å². The SMILES string of the molecule is CC[C@H](Cl)C(=O)N(C1CC1)[C@H]1CCSC1. The van der Waals surface area contributed by atoms with Crippen LogP contribution in [-0.2, 0) is 4.79 Å². The molecule has 1 heterocycles. The fourth-order valence-corrected chi connectivity index (χ4v) is 3.41. The summed E-state index contributed by atoms with van der Waals surface area (Å²) in [6.07, 6.45) is 4.25. The molecule has 1 aliphatic heterocycles. The molecule has 2 aliphatic rings. The van der Waals surface area contributed by atoms with E-state index in [-0.39, 0.29) is 11.3 Å². The Hall–Kier alpha value is 0.110. The van der Waals surface area contributed by atoms with Crippen LogP contribution in [0, 0.1) is 0 Å². The van der Waals surface area contributed by atoms with Gasteiger partial charge in [0.2, 0.25) is 5.91 Å². The lowest BCUT2D eigenvalue weighted by Gasteiger charge is -2.30. The standard InChI is InChI=1S/C11H18ClNOS/c1-2-10(12)11(14)13(8-3-4-8)9-5-6-15-7-9/h8-10H,2-7H2,1H3/t9-,10-/m0/s1. The Balaban J connectivity index is 2.01. The summed E-state index contributed by atoms with van der Waals surface area (Å²) in [5.41, 5.74) is 0. The van der Waals surface area contributed by atoms with Gasteiger partial charge < -0.3 is 4.90 Å². The average Bonchev–Trinajstić information content (AvgIpc) is 2.92. The number of carbonyl (C=O) groups is 1. The highest BCUT2D eigenvalue weighted by Gasteiger charge is 2.40. The number of alkyl halides is 1. The Kier molecular flexibility index (Phi) is 3.83. The topological polar surface area (TPSA) is 20.3 Å². The number of hydrogen-bond acceptors (Lipinski definition) is 2. The predicted octanol–water partition coefficient (Wildman–Crippen LogP) is 2.50. The van der Waals surface area contributed by atoms with E-state index in [0.717, 1.165) is 18.6 Å². The quantitative estimate of drug-likeness (QED) is 0.712. The van der Waals surface area contributed by atoms with Gasteiger partial charge in [-0.2, -0.15) is 11.8 Å². The van der Waals surface area contributed by atoms with Gasteiger partial charge >= 0.3 is 0 Å². The minimum Gasteiger partial charge on any atom is -0.335 e. The third kappa shape index (κ3) is 2.62. The molecule has 86 valence electrons. The van der Waals surface area contributed by atoms with Gasteiger partial charge in [0, 0.05) is 17.8 Å². The molecular weight excluding hydrogens is 230 g/mol. The minimum absolute atomic E-state index is 0.175. The second-order valence-electron chi connectivity index (χ2n) is 4.37. The van der Waals surface area contributed by atoms with Crippen LogP contribution in [0.3, 0.4) is 0 Å². The highest BCUT2D eigenvalue weighted by molar-refractivity contribution is 7.99. The van der Waals surface area contributed by atoms with Gasteiger partial charge in [-0.05, 0) is 31.4 Å². The van der Waals surface area contributed by atoms with Gasteiger partial charge in [0.15, 0.2) is 0 Å². The Morgan fingerprint density at radius 1 is 1.47 bits per heavy atom. The number of carbonyl (C=O) groups excluding carboxylic acids is 1. The highest BCUT2D eigenvalue weighted by atomic mass is 35.5. The van der Waals surface area contributed by atoms with E-state index in [1.165, 1.54) is 18.6 Å². The van der Waals surface area contributed by atoms with Crippen molar-refractivity contribution in [2.45, 2.75) is 50.1 Å². The van der Waals surface area contributed by atoms with Crippen LogP contribution in [0.1, 0.15) is 32.6 Å². The number of hydrogen-bond donors (Lipinski definition) is 0. The van der Waals surface area contributed by atoms with Crippen molar-refractivity contribution >= 4 is 29.3 Å². The van der Waals surface area contributed by atoms with E-state index in [1.807, 2.05) is 18.7 Å². The summed E-state index contributed by atoms with van der Waals surface area (Å²) in [4.78, 5) is 14.2. The van der Waals surface area contributed by atoms with Crippen LogP contribution in [0.4, 0.5) is 0 Å². The smallest absolute Gasteiger partial charge is 0.241 e. The number of amides is 1. The van der Waals surface area contributed by atoms with Crippen LogP contribution in [0.15, 0.2) is 0 Å². The zero-order valence-electron chi connectivity index (χ0n) is 9.12. The van der Waals surface area contributed by atoms with Crippen molar-refractivity contribution in [2.24, 2.45) is 0 Å². The predicted molar refractivity (Wildman–Crippen MR) is 65.5 cm³/mol. The van der Waals surface area contributed by atoms with Gasteiger partial charge in [-0.15, -0.1) is 11.6 Å². The summed E-state index contributed by atoms with van der Waals surface area (Å²) < 4.78 is 0. The Labute approximate surface area is 101 Å². The van der Waals surface area contributed by atoms with Crippen molar-refractivity contribution in [1.29, 1.82) is 0 Å². The molecule has 15 heavy (non-hydrogen) atoms. The summed E-state index contributed by atoms with van der Waals surface area (Å²) in [5.74, 6) is 2.48. The van der Waals surface area contributed by atoms with Crippen LogP contribution in [-0.4, -0.2) is 39.8 Å². The molecule has 0 aromatic rings. The summed E-state index contributed by atoms with van der Waals surface area (Å²) in [6, 6.07) is 0.969. The van der Waals surface area contributed by atoms with Crippen LogP contribution in [0.2, 0.25) is 0 Å². The van der Waals surface area contributed by atoms with E-state index in [0.29, 0.717) is 12.1 Å². The van der Waals surface area contributed by atoms with Gasteiger partial charge in [0.25, 0.3) is 0 Å². The molecule has 0 aromatic carbocycles. The molecule has 1 saturated heterocycles. The molecule has 0 bridgehead atoms. The molecule has 2 fully saturated rings. The molecule has 4 heteroatoms. The van der Waals surface area contributed by atoms with Crippen LogP contribution >= 0.6 is 23.4 Å². The van der Waals surface area contributed by atoms with Gasteiger partial charge in [-0.3, -0.25) is 4.79 Å². The van der Waals surface area contributed by atoms with E-state index < -0.39 is 0 Å². The molecule has 1 amide bonds. The summed E-state index contributed by atoms with van der Waals surface area (Å²) >= 11 is 8.02. The van der Waals surface area contributed by atoms with Crippen molar-refractivity contribution in [3.8, 4) is 0 Å². The van der Waals surface area contributed by atoms with Crippen molar-refractivity contribution in [2.75, 3.05) is 11.5 Å². The van der Waals surface area contributed by atoms with Crippen LogP contribution in [0.5, 0.6) is 0 Å². The number of rotatable bonds is 4. The summed E-state index contributed by atoms with van der Waals surface area (Å²) in [6.45, 7) is 1.98. The first kappa shape index (κ1) is 11.6. The first-order valence-electron chi connectivity index (χ1n) is 5.78. The van der Waals surface area contributed by atoms with Crippen LogP contribution in [0.25, 0.3) is 0 Å². The second-order valence-corrected chi connectivity index (χ2v) is 6.05. The number of thioether (sulfide) groups is 1. The van der Waals surface area contributed by atoms with Crippen molar-refractivity contribution in [1.82, 2.24) is 4.90 Å². The normalized spacial score (nSPS) is 27.7. The Bertz CT molecular complexity index is 239. The molecule has 1 saturated carbocycles. The molecular formula is C11H18ClNOS. The third-order valence-electron chi connectivity index (χ3n) is 3.12. The fourth-order valence-electron chi connectivity index (χ4n) is 2.09. The molecule has 0 radical (unpaired) electrons. The van der Waals surface area contributed by atoms with Crippen molar-refractivity contribution in [3.05, 3.63) is 0 Å². The minimum atomic E-state index is -0.309. The average molecular weight is 248 g/mol. The van der Waals surface area contributed by atoms with Gasteiger partial charge in [0.05, 0.1) is 0 Å². The number of nitrogens with zero attached hydrogens (tertiary/aromatic N) is 1. The summed E-state index contributed by atoms with van der Waals surface area (Å²) in [5, 5.41) is -0.309. The van der Waals surface area contributed by atoms with E-state index in [1.54, 1.807) is 0 Å². The lowest BCUT2D eigenvalue weighted by molar-refractivity contribution is -0.133. The van der Waals surface area contributed by atoms with Gasteiger partial charge in [0.1, 0.15) is 5.38 Å². The molecule has 1 aliphatic carbocycles. The zero-order valence-corrected chi connectivity index (χ0v) is 10.7. The van der Waals surface area contributed by atoms with Gasteiger partial charge in [-0.1, -0.05) is 6.92 Å². The molecule has 2 nitrogen and oxygen atoms in total. The maximum absolute atomic E-state index is 12.1. The number of halogens is 1. The summed E-state index contributed by atoms with van der Waals surface area (Å²) in [7, 11) is 0. The van der Waals surface area contributed by atoms with E-state index >= 15 is 0 Å². The maximum atomic E-state index is 12.1. The highest BCUT2D eigenvalue weighted by Crippen LogP contribution is 2.34. The molecule has 2 rings (SSSR count). The Morgan fingerprint density at radius 2 is 2.20 bits per heavy atom. The maximum Gasteiger partial charge on any atom is 0.241 e. The van der Waals surface area contributed by atoms with E-state index in [9.17, 15) is 4.79 Å². The molecule has 0 spiro atoms. The molecule has 2 atom stereocenters. The first-order chi connectivity index (χ1) is 7.24. The second kappa shape index (κ2) is 4.96. The fraction of sp³-hybridized carbons (Fsp3) is 0.909. The third-order valence-corrected chi connectivity index (χ3v) is 4.76. The van der Waals surface area contributed by atoms with Gasteiger partial charge in [-0.25, -0.2) is 0 Å². The molecule has 0 unspecified atom stereocenters. The molecule has 0 aromatic heterocycles. The van der Waals surface area contributed by atoms with Crippen molar-refractivity contribution in [3.63, 3.8) is 0 Å². The zero-order chi connectivity index (χ0) is 10.8. The van der Waals surface area contributed by atoms with Crippen molar-refractivity contribution < 1.29 is 4.79 Å². The first-order valence-corrected chi connectivity index (χ1v) is 7.37. The van der Waals surface area contributed by atoms with E-state index in [4.69, 9.17) is 11.6 Å². The van der Waals surface area contributed by atoms with Crippen LogP contribution < -0.4 is 0 Å².